The molecule has 26 heavy (non-hydrogen) atoms. The zero-order valence-corrected chi connectivity index (χ0v) is 15.6. The van der Waals surface area contributed by atoms with E-state index in [-0.39, 0.29) is 29.9 Å². The van der Waals surface area contributed by atoms with Gasteiger partial charge in [-0.05, 0) is 50.3 Å². The van der Waals surface area contributed by atoms with Crippen molar-refractivity contribution in [1.29, 1.82) is 0 Å². The van der Waals surface area contributed by atoms with E-state index in [1.807, 2.05) is 47.2 Å². The molecule has 3 aliphatic rings. The summed E-state index contributed by atoms with van der Waals surface area (Å²) in [6, 6.07) is 9.62. The smallest absolute Gasteiger partial charge is 0.254 e. The number of nitrogens with one attached hydrogen (secondary N) is 1. The van der Waals surface area contributed by atoms with Gasteiger partial charge in [0.1, 0.15) is 6.04 Å². The Morgan fingerprint density at radius 2 is 1.88 bits per heavy atom. The molecule has 0 aromatic heterocycles. The third-order valence-electron chi connectivity index (χ3n) is 6.56. The first-order valence-electron chi connectivity index (χ1n) is 10.0. The zero-order valence-electron chi connectivity index (χ0n) is 15.6. The minimum absolute atomic E-state index is 0.0243. The third-order valence-corrected chi connectivity index (χ3v) is 6.56. The Balaban J connectivity index is 1.60. The zero-order chi connectivity index (χ0) is 18.1. The highest BCUT2D eigenvalue weighted by atomic mass is 16.2. The van der Waals surface area contributed by atoms with Crippen LogP contribution in [0.3, 0.4) is 0 Å². The Hall–Kier alpha value is -1.88. The maximum atomic E-state index is 13.3. The van der Waals surface area contributed by atoms with Crippen LogP contribution < -0.4 is 5.32 Å². The fourth-order valence-corrected chi connectivity index (χ4v) is 5.09. The molecule has 5 nitrogen and oxygen atoms in total. The first kappa shape index (κ1) is 17.5. The van der Waals surface area contributed by atoms with E-state index in [2.05, 4.69) is 5.32 Å². The molecular weight excluding hydrogens is 326 g/mol. The summed E-state index contributed by atoms with van der Waals surface area (Å²) >= 11 is 0. The topological polar surface area (TPSA) is 52.7 Å². The molecule has 2 amide bonds. The number of likely N-dealkylation sites (tertiary alicyclic amines) is 1. The van der Waals surface area contributed by atoms with Crippen LogP contribution in [-0.2, 0) is 4.79 Å². The summed E-state index contributed by atoms with van der Waals surface area (Å²) in [4.78, 5) is 30.5. The number of carbonyl (C=O) groups is 2. The number of rotatable bonds is 3. The molecule has 1 aromatic rings. The van der Waals surface area contributed by atoms with Gasteiger partial charge in [-0.15, -0.1) is 0 Å². The second-order valence-corrected chi connectivity index (χ2v) is 8.04. The van der Waals surface area contributed by atoms with Crippen LogP contribution in [-0.4, -0.2) is 59.9 Å². The molecular formula is C21H29N3O2. The van der Waals surface area contributed by atoms with Crippen LogP contribution >= 0.6 is 0 Å². The number of fused-ring (bicyclic) bond motifs is 1. The molecule has 1 N–H and O–H groups in total. The van der Waals surface area contributed by atoms with E-state index in [4.69, 9.17) is 0 Å². The van der Waals surface area contributed by atoms with Crippen LogP contribution in [0.1, 0.15) is 48.9 Å². The molecule has 1 aromatic carbocycles. The van der Waals surface area contributed by atoms with E-state index in [9.17, 15) is 9.59 Å². The summed E-state index contributed by atoms with van der Waals surface area (Å²) in [5, 5.41) is 3.33. The van der Waals surface area contributed by atoms with Crippen molar-refractivity contribution in [3.8, 4) is 0 Å². The van der Waals surface area contributed by atoms with E-state index in [1.165, 1.54) is 6.42 Å². The van der Waals surface area contributed by atoms with E-state index in [0.717, 1.165) is 45.2 Å². The SMILES string of the molecule is CN(C(=O)C1CC2CCCCC2N1C(=O)c1ccccc1)C1CCNC1. The largest absolute Gasteiger partial charge is 0.340 e. The summed E-state index contributed by atoms with van der Waals surface area (Å²) in [6.45, 7) is 1.82. The summed E-state index contributed by atoms with van der Waals surface area (Å²) in [6.07, 6.45) is 6.37. The van der Waals surface area contributed by atoms with Crippen molar-refractivity contribution in [3.63, 3.8) is 0 Å². The van der Waals surface area contributed by atoms with Crippen molar-refractivity contribution in [1.82, 2.24) is 15.1 Å². The minimum atomic E-state index is -0.304. The second kappa shape index (κ2) is 7.39. The standard InChI is InChI=1S/C21H29N3O2/c1-23(17-11-12-22-14-17)21(26)19-13-16-9-5-6-10-18(16)24(19)20(25)15-7-3-2-4-8-15/h2-4,7-8,16-19,22H,5-6,9-14H2,1H3. The Morgan fingerprint density at radius 1 is 1.12 bits per heavy atom. The van der Waals surface area contributed by atoms with Crippen LogP contribution in [0.5, 0.6) is 0 Å². The molecule has 0 spiro atoms. The lowest BCUT2D eigenvalue weighted by molar-refractivity contribution is -0.136. The van der Waals surface area contributed by atoms with Crippen LogP contribution in [0.25, 0.3) is 0 Å². The average molecular weight is 355 g/mol. The van der Waals surface area contributed by atoms with E-state index in [1.54, 1.807) is 0 Å². The lowest BCUT2D eigenvalue weighted by Gasteiger charge is -2.35. The number of benzene rings is 1. The van der Waals surface area contributed by atoms with Crippen molar-refractivity contribution in [2.24, 2.45) is 5.92 Å². The third kappa shape index (κ3) is 3.13. The van der Waals surface area contributed by atoms with Crippen molar-refractivity contribution in [2.45, 2.75) is 56.7 Å². The van der Waals surface area contributed by atoms with Gasteiger partial charge in [-0.1, -0.05) is 31.0 Å². The maximum absolute atomic E-state index is 13.3. The van der Waals surface area contributed by atoms with Gasteiger partial charge in [-0.3, -0.25) is 9.59 Å². The molecule has 2 heterocycles. The quantitative estimate of drug-likeness (QED) is 0.905. The first-order valence-corrected chi connectivity index (χ1v) is 10.0. The highest BCUT2D eigenvalue weighted by Gasteiger charge is 2.48. The normalized spacial score (nSPS) is 30.9. The van der Waals surface area contributed by atoms with E-state index >= 15 is 0 Å². The number of hydrogen-bond acceptors (Lipinski definition) is 3. The molecule has 4 unspecified atom stereocenters. The van der Waals surface area contributed by atoms with Crippen molar-refractivity contribution in [2.75, 3.05) is 20.1 Å². The fourth-order valence-electron chi connectivity index (χ4n) is 5.09. The molecule has 3 fully saturated rings. The molecule has 0 radical (unpaired) electrons. The molecule has 2 saturated heterocycles. The van der Waals surface area contributed by atoms with E-state index < -0.39 is 0 Å². The summed E-state index contributed by atoms with van der Waals surface area (Å²) in [5.74, 6) is 0.620. The van der Waals surface area contributed by atoms with Gasteiger partial charge in [0.2, 0.25) is 5.91 Å². The van der Waals surface area contributed by atoms with Gasteiger partial charge in [0.15, 0.2) is 0 Å². The average Bonchev–Trinajstić information content (AvgIpc) is 3.35. The van der Waals surface area contributed by atoms with Crippen LogP contribution in [0, 0.1) is 5.92 Å². The molecule has 2 aliphatic heterocycles. The van der Waals surface area contributed by atoms with Crippen molar-refractivity contribution < 1.29 is 9.59 Å². The number of nitrogens with zero attached hydrogens (tertiary/aromatic N) is 2. The van der Waals surface area contributed by atoms with Gasteiger partial charge < -0.3 is 15.1 Å². The van der Waals surface area contributed by atoms with Gasteiger partial charge >= 0.3 is 0 Å². The monoisotopic (exact) mass is 355 g/mol. The summed E-state index contributed by atoms with van der Waals surface area (Å²) in [5.41, 5.74) is 0.696. The molecule has 0 bridgehead atoms. The maximum Gasteiger partial charge on any atom is 0.254 e. The Bertz CT molecular complexity index is 656. The number of carbonyl (C=O) groups excluding carboxylic acids is 2. The van der Waals surface area contributed by atoms with Gasteiger partial charge in [0.25, 0.3) is 5.91 Å². The lowest BCUT2D eigenvalue weighted by Crippen LogP contribution is -2.52. The fraction of sp³-hybridized carbons (Fsp3) is 0.619. The first-order chi connectivity index (χ1) is 12.7. The van der Waals surface area contributed by atoms with Gasteiger partial charge in [-0.25, -0.2) is 0 Å². The molecule has 140 valence electrons. The molecule has 1 saturated carbocycles. The van der Waals surface area contributed by atoms with Crippen LogP contribution in [0.15, 0.2) is 30.3 Å². The summed E-state index contributed by atoms with van der Waals surface area (Å²) < 4.78 is 0. The van der Waals surface area contributed by atoms with Crippen LogP contribution in [0.2, 0.25) is 0 Å². The lowest BCUT2D eigenvalue weighted by atomic mass is 9.84. The Morgan fingerprint density at radius 3 is 2.62 bits per heavy atom. The Labute approximate surface area is 155 Å². The second-order valence-electron chi connectivity index (χ2n) is 8.04. The minimum Gasteiger partial charge on any atom is -0.340 e. The predicted octanol–water partition coefficient (Wildman–Crippen LogP) is 2.28. The number of amides is 2. The van der Waals surface area contributed by atoms with Crippen LogP contribution in [0.4, 0.5) is 0 Å². The molecule has 1 aliphatic carbocycles. The predicted molar refractivity (Wildman–Crippen MR) is 101 cm³/mol. The highest BCUT2D eigenvalue weighted by Crippen LogP contribution is 2.41. The Kier molecular flexibility index (Phi) is 4.98. The number of likely N-dealkylation sites (N-methyl/N-ethyl adjacent to an activating group) is 1. The van der Waals surface area contributed by atoms with Gasteiger partial charge in [-0.2, -0.15) is 0 Å². The molecule has 4 rings (SSSR count). The number of hydrogen-bond donors (Lipinski definition) is 1. The van der Waals surface area contributed by atoms with E-state index in [0.29, 0.717) is 11.5 Å². The van der Waals surface area contributed by atoms with Crippen molar-refractivity contribution in [3.05, 3.63) is 35.9 Å². The van der Waals surface area contributed by atoms with Crippen molar-refractivity contribution >= 4 is 11.8 Å². The molecule has 4 atom stereocenters. The highest BCUT2D eigenvalue weighted by molar-refractivity contribution is 5.98. The molecule has 5 heteroatoms. The summed E-state index contributed by atoms with van der Waals surface area (Å²) in [7, 11) is 1.91. The van der Waals surface area contributed by atoms with Gasteiger partial charge in [0, 0.05) is 31.2 Å². The van der Waals surface area contributed by atoms with Gasteiger partial charge in [0.05, 0.1) is 0 Å².